The average molecular weight is 354 g/mol. The van der Waals surface area contributed by atoms with Crippen molar-refractivity contribution in [1.82, 2.24) is 10.3 Å². The van der Waals surface area contributed by atoms with E-state index in [1.165, 1.54) is 0 Å². The normalized spacial score (nSPS) is 10.3. The molecule has 0 saturated carbocycles. The molecule has 0 fully saturated rings. The van der Waals surface area contributed by atoms with Crippen LogP contribution in [0.15, 0.2) is 42.6 Å². The van der Waals surface area contributed by atoms with Crippen LogP contribution in [0, 0.1) is 3.57 Å². The zero-order valence-corrected chi connectivity index (χ0v) is 12.3. The van der Waals surface area contributed by atoms with E-state index in [2.05, 4.69) is 39.8 Å². The highest BCUT2D eigenvalue weighted by atomic mass is 127. The fourth-order valence-electron chi connectivity index (χ4n) is 1.50. The highest BCUT2D eigenvalue weighted by Crippen LogP contribution is 2.21. The Balaban J connectivity index is 2.02. The van der Waals surface area contributed by atoms with Crippen molar-refractivity contribution < 1.29 is 4.74 Å². The van der Waals surface area contributed by atoms with Gasteiger partial charge in [0.2, 0.25) is 5.88 Å². The van der Waals surface area contributed by atoms with Crippen LogP contribution in [0.25, 0.3) is 0 Å². The molecule has 1 aromatic carbocycles. The maximum Gasteiger partial charge on any atom is 0.219 e. The maximum atomic E-state index is 5.68. The third kappa shape index (κ3) is 3.96. The van der Waals surface area contributed by atoms with E-state index in [4.69, 9.17) is 4.74 Å². The first-order valence-electron chi connectivity index (χ1n) is 5.87. The maximum absolute atomic E-state index is 5.68. The fourth-order valence-corrected chi connectivity index (χ4v) is 2.01. The molecule has 3 nitrogen and oxygen atoms in total. The number of hydrogen-bond donors (Lipinski definition) is 1. The van der Waals surface area contributed by atoms with Gasteiger partial charge in [-0.15, -0.1) is 0 Å². The molecule has 0 radical (unpaired) electrons. The summed E-state index contributed by atoms with van der Waals surface area (Å²) in [5.74, 6) is 1.44. The SMILES string of the molecule is CCNCc1ccc(Oc2cccc(I)c2)nc1. The van der Waals surface area contributed by atoms with Crippen molar-refractivity contribution in [2.75, 3.05) is 6.54 Å². The quantitative estimate of drug-likeness (QED) is 0.834. The highest BCUT2D eigenvalue weighted by molar-refractivity contribution is 14.1. The number of halogens is 1. The van der Waals surface area contributed by atoms with E-state index < -0.39 is 0 Å². The summed E-state index contributed by atoms with van der Waals surface area (Å²) in [6.45, 7) is 3.88. The summed E-state index contributed by atoms with van der Waals surface area (Å²) in [7, 11) is 0. The lowest BCUT2D eigenvalue weighted by Crippen LogP contribution is -2.11. The predicted molar refractivity (Wildman–Crippen MR) is 80.9 cm³/mol. The lowest BCUT2D eigenvalue weighted by molar-refractivity contribution is 0.462. The van der Waals surface area contributed by atoms with Crippen molar-refractivity contribution in [1.29, 1.82) is 0 Å². The first-order chi connectivity index (χ1) is 8.78. The Morgan fingerprint density at radius 3 is 2.83 bits per heavy atom. The number of pyridine rings is 1. The standard InChI is InChI=1S/C14H15IN2O/c1-2-16-9-11-6-7-14(17-10-11)18-13-5-3-4-12(15)8-13/h3-8,10,16H,2,9H2,1H3. The molecule has 1 N–H and O–H groups in total. The summed E-state index contributed by atoms with van der Waals surface area (Å²) >= 11 is 2.26. The van der Waals surface area contributed by atoms with E-state index in [1.807, 2.05) is 42.6 Å². The minimum absolute atomic E-state index is 0.622. The molecule has 2 rings (SSSR count). The topological polar surface area (TPSA) is 34.1 Å². The van der Waals surface area contributed by atoms with Crippen LogP contribution in [0.5, 0.6) is 11.6 Å². The van der Waals surface area contributed by atoms with Gasteiger partial charge < -0.3 is 10.1 Å². The molecule has 94 valence electrons. The van der Waals surface area contributed by atoms with Gasteiger partial charge in [-0.2, -0.15) is 0 Å². The van der Waals surface area contributed by atoms with Crippen molar-refractivity contribution in [2.24, 2.45) is 0 Å². The molecular weight excluding hydrogens is 339 g/mol. The molecule has 0 atom stereocenters. The molecule has 4 heteroatoms. The zero-order chi connectivity index (χ0) is 12.8. The van der Waals surface area contributed by atoms with E-state index >= 15 is 0 Å². The molecule has 1 aromatic heterocycles. The molecule has 0 aliphatic heterocycles. The van der Waals surface area contributed by atoms with Crippen molar-refractivity contribution in [3.8, 4) is 11.6 Å². The van der Waals surface area contributed by atoms with E-state index in [0.717, 1.165) is 28.0 Å². The van der Waals surface area contributed by atoms with E-state index in [1.54, 1.807) is 0 Å². The van der Waals surface area contributed by atoms with Gasteiger partial charge in [0, 0.05) is 22.4 Å². The Morgan fingerprint density at radius 1 is 1.28 bits per heavy atom. The molecule has 18 heavy (non-hydrogen) atoms. The molecule has 0 spiro atoms. The first kappa shape index (κ1) is 13.3. The van der Waals surface area contributed by atoms with Crippen LogP contribution in [0.1, 0.15) is 12.5 Å². The Labute approximate surface area is 121 Å². The van der Waals surface area contributed by atoms with Crippen molar-refractivity contribution in [2.45, 2.75) is 13.5 Å². The van der Waals surface area contributed by atoms with Crippen LogP contribution >= 0.6 is 22.6 Å². The van der Waals surface area contributed by atoms with Gasteiger partial charge >= 0.3 is 0 Å². The Kier molecular flexibility index (Phi) is 4.95. The second-order valence-electron chi connectivity index (χ2n) is 3.84. The molecule has 0 unspecified atom stereocenters. The summed E-state index contributed by atoms with van der Waals surface area (Å²) < 4.78 is 6.83. The van der Waals surface area contributed by atoms with Crippen LogP contribution < -0.4 is 10.1 Å². The molecule has 2 aromatic rings. The number of nitrogens with zero attached hydrogens (tertiary/aromatic N) is 1. The molecule has 0 aliphatic carbocycles. The van der Waals surface area contributed by atoms with Crippen molar-refractivity contribution >= 4 is 22.6 Å². The van der Waals surface area contributed by atoms with Gasteiger partial charge in [0.05, 0.1) is 0 Å². The summed E-state index contributed by atoms with van der Waals surface area (Å²) in [6.07, 6.45) is 1.84. The zero-order valence-electron chi connectivity index (χ0n) is 10.2. The van der Waals surface area contributed by atoms with Crippen LogP contribution in [0.2, 0.25) is 0 Å². The van der Waals surface area contributed by atoms with Crippen molar-refractivity contribution in [3.05, 3.63) is 51.7 Å². The minimum atomic E-state index is 0.622. The molecule has 0 aliphatic rings. The summed E-state index contributed by atoms with van der Waals surface area (Å²) in [5.41, 5.74) is 1.16. The monoisotopic (exact) mass is 354 g/mol. The van der Waals surface area contributed by atoms with Gasteiger partial charge in [0.1, 0.15) is 5.75 Å². The molecular formula is C14H15IN2O. The molecule has 0 amide bonds. The number of ether oxygens (including phenoxy) is 1. The highest BCUT2D eigenvalue weighted by Gasteiger charge is 1.99. The van der Waals surface area contributed by atoms with Gasteiger partial charge in [0.15, 0.2) is 0 Å². The molecule has 0 saturated heterocycles. The number of rotatable bonds is 5. The largest absolute Gasteiger partial charge is 0.439 e. The van der Waals surface area contributed by atoms with Gasteiger partial charge in [-0.25, -0.2) is 4.98 Å². The number of benzene rings is 1. The second-order valence-corrected chi connectivity index (χ2v) is 5.09. The predicted octanol–water partition coefficient (Wildman–Crippen LogP) is 3.59. The molecule has 0 bridgehead atoms. The number of hydrogen-bond acceptors (Lipinski definition) is 3. The number of nitrogens with one attached hydrogen (secondary N) is 1. The molecule has 1 heterocycles. The van der Waals surface area contributed by atoms with Crippen molar-refractivity contribution in [3.63, 3.8) is 0 Å². The second kappa shape index (κ2) is 6.70. The van der Waals surface area contributed by atoms with E-state index in [9.17, 15) is 0 Å². The number of aromatic nitrogens is 1. The fraction of sp³-hybridized carbons (Fsp3) is 0.214. The van der Waals surface area contributed by atoms with Crippen LogP contribution in [-0.2, 0) is 6.54 Å². The first-order valence-corrected chi connectivity index (χ1v) is 6.95. The third-order valence-corrected chi connectivity index (χ3v) is 3.07. The summed E-state index contributed by atoms with van der Waals surface area (Å²) in [4.78, 5) is 4.29. The Bertz CT molecular complexity index is 499. The van der Waals surface area contributed by atoms with Gasteiger partial charge in [-0.3, -0.25) is 0 Å². The lowest BCUT2D eigenvalue weighted by Gasteiger charge is -2.06. The van der Waals surface area contributed by atoms with Crippen LogP contribution in [0.4, 0.5) is 0 Å². The van der Waals surface area contributed by atoms with Gasteiger partial charge in [-0.05, 0) is 52.9 Å². The Morgan fingerprint density at radius 2 is 2.17 bits per heavy atom. The Hall–Kier alpha value is -1.14. The summed E-state index contributed by atoms with van der Waals surface area (Å²) in [6, 6.07) is 11.8. The van der Waals surface area contributed by atoms with E-state index in [0.29, 0.717) is 5.88 Å². The minimum Gasteiger partial charge on any atom is -0.439 e. The average Bonchev–Trinajstić information content (AvgIpc) is 2.38. The summed E-state index contributed by atoms with van der Waals surface area (Å²) in [5, 5.41) is 3.26. The van der Waals surface area contributed by atoms with Crippen LogP contribution in [0.3, 0.4) is 0 Å². The van der Waals surface area contributed by atoms with Gasteiger partial charge in [0.25, 0.3) is 0 Å². The lowest BCUT2D eigenvalue weighted by atomic mass is 10.3. The van der Waals surface area contributed by atoms with E-state index in [-0.39, 0.29) is 0 Å². The van der Waals surface area contributed by atoms with Crippen LogP contribution in [-0.4, -0.2) is 11.5 Å². The third-order valence-electron chi connectivity index (χ3n) is 2.40. The smallest absolute Gasteiger partial charge is 0.219 e. The van der Waals surface area contributed by atoms with Gasteiger partial charge in [-0.1, -0.05) is 19.1 Å².